The van der Waals surface area contributed by atoms with Crippen LogP contribution in [-0.2, 0) is 0 Å². The van der Waals surface area contributed by atoms with Crippen LogP contribution in [0.1, 0.15) is 19.5 Å². The van der Waals surface area contributed by atoms with Crippen molar-refractivity contribution in [3.8, 4) is 5.88 Å². The van der Waals surface area contributed by atoms with Crippen molar-refractivity contribution in [1.29, 1.82) is 0 Å². The van der Waals surface area contributed by atoms with Gasteiger partial charge in [-0.1, -0.05) is 0 Å². The summed E-state index contributed by atoms with van der Waals surface area (Å²) in [5.74, 6) is 0.865. The third kappa shape index (κ3) is 3.58. The lowest BCUT2D eigenvalue weighted by molar-refractivity contribution is 0.170. The monoisotopic (exact) mass is 252 g/mol. The van der Waals surface area contributed by atoms with Gasteiger partial charge in [0.2, 0.25) is 11.8 Å². The Labute approximate surface area is 108 Å². The van der Waals surface area contributed by atoms with E-state index in [0.29, 0.717) is 5.95 Å². The first-order valence-electron chi connectivity index (χ1n) is 5.97. The van der Waals surface area contributed by atoms with Crippen LogP contribution in [0.25, 0.3) is 0 Å². The van der Waals surface area contributed by atoms with Crippen LogP contribution in [0.2, 0.25) is 0 Å². The highest BCUT2D eigenvalue weighted by Gasteiger charge is 2.12. The predicted molar refractivity (Wildman–Crippen MR) is 70.0 cm³/mol. The number of anilines is 1. The first kappa shape index (κ1) is 14.2. The Balaban J connectivity index is 2.97. The van der Waals surface area contributed by atoms with E-state index in [2.05, 4.69) is 9.97 Å². The van der Waals surface area contributed by atoms with Gasteiger partial charge in [0.05, 0.1) is 0 Å². The van der Waals surface area contributed by atoms with Crippen LogP contribution in [-0.4, -0.2) is 48.1 Å². The van der Waals surface area contributed by atoms with Gasteiger partial charge in [-0.2, -0.15) is 4.98 Å². The van der Waals surface area contributed by atoms with Crippen molar-refractivity contribution in [2.24, 2.45) is 0 Å². The Bertz CT molecular complexity index is 417. The van der Waals surface area contributed by atoms with E-state index in [4.69, 9.17) is 4.74 Å². The molecule has 0 aliphatic carbocycles. The lowest BCUT2D eigenvalue weighted by Gasteiger charge is -2.19. The lowest BCUT2D eigenvalue weighted by atomic mass is 10.4. The molecule has 1 amide bonds. The van der Waals surface area contributed by atoms with E-state index in [9.17, 15) is 4.79 Å². The summed E-state index contributed by atoms with van der Waals surface area (Å²) in [7, 11) is 3.25. The summed E-state index contributed by atoms with van der Waals surface area (Å²) in [5.41, 5.74) is 0.772. The van der Waals surface area contributed by atoms with Crippen LogP contribution in [0, 0.1) is 6.92 Å². The third-order valence-corrected chi connectivity index (χ3v) is 2.42. The second kappa shape index (κ2) is 6.18. The zero-order valence-corrected chi connectivity index (χ0v) is 11.6. The van der Waals surface area contributed by atoms with Crippen LogP contribution < -0.4 is 9.64 Å². The zero-order chi connectivity index (χ0) is 13.7. The fraction of sp³-hybridized carbons (Fsp3) is 0.583. The van der Waals surface area contributed by atoms with E-state index < -0.39 is 6.09 Å². The van der Waals surface area contributed by atoms with Crippen molar-refractivity contribution in [2.45, 2.75) is 20.8 Å². The number of hydrogen-bond donors (Lipinski definition) is 0. The maximum atomic E-state index is 11.5. The summed E-state index contributed by atoms with van der Waals surface area (Å²) in [5, 5.41) is 0. The summed E-state index contributed by atoms with van der Waals surface area (Å²) in [6, 6.07) is 1.65. The van der Waals surface area contributed by atoms with Crippen LogP contribution in [0.5, 0.6) is 5.88 Å². The molecule has 0 atom stereocenters. The van der Waals surface area contributed by atoms with Gasteiger partial charge in [0.25, 0.3) is 0 Å². The van der Waals surface area contributed by atoms with Crippen molar-refractivity contribution in [3.63, 3.8) is 0 Å². The largest absolute Gasteiger partial charge is 0.416 e. The van der Waals surface area contributed by atoms with Gasteiger partial charge in [0.15, 0.2) is 0 Å². The quantitative estimate of drug-likeness (QED) is 0.816. The first-order valence-corrected chi connectivity index (χ1v) is 5.97. The topological polar surface area (TPSA) is 58.6 Å². The maximum absolute atomic E-state index is 11.5. The highest BCUT2D eigenvalue weighted by Crippen LogP contribution is 2.15. The predicted octanol–water partition coefficient (Wildman–Crippen LogP) is 1.69. The molecule has 0 unspecified atom stereocenters. The molecular formula is C12H20N4O2. The molecule has 0 aliphatic heterocycles. The molecule has 1 aromatic rings. The number of amides is 1. The average molecular weight is 252 g/mol. The minimum Gasteiger partial charge on any atom is -0.391 e. The Morgan fingerprint density at radius 3 is 2.39 bits per heavy atom. The molecule has 1 rings (SSSR count). The number of ether oxygens (including phenoxy) is 1. The zero-order valence-electron chi connectivity index (χ0n) is 11.6. The van der Waals surface area contributed by atoms with Gasteiger partial charge >= 0.3 is 6.09 Å². The third-order valence-electron chi connectivity index (χ3n) is 2.42. The Kier molecular flexibility index (Phi) is 4.88. The molecule has 1 heterocycles. The standard InChI is InChI=1S/C12H20N4O2/c1-6-16(7-2)11-13-9(3)8-10(14-11)18-12(17)15(4)5/h8H,6-7H2,1-5H3. The second-order valence-electron chi connectivity index (χ2n) is 4.08. The Morgan fingerprint density at radius 2 is 1.89 bits per heavy atom. The van der Waals surface area contributed by atoms with Gasteiger partial charge < -0.3 is 14.5 Å². The number of carbonyl (C=O) groups is 1. The van der Waals surface area contributed by atoms with E-state index in [0.717, 1.165) is 18.8 Å². The smallest absolute Gasteiger partial charge is 0.391 e. The number of hydrogen-bond acceptors (Lipinski definition) is 5. The molecule has 1 aromatic heterocycles. The highest BCUT2D eigenvalue weighted by atomic mass is 16.6. The summed E-state index contributed by atoms with van der Waals surface area (Å²) in [6.45, 7) is 7.52. The highest BCUT2D eigenvalue weighted by molar-refractivity contribution is 5.69. The van der Waals surface area contributed by atoms with Crippen molar-refractivity contribution in [1.82, 2.24) is 14.9 Å². The molecule has 0 N–H and O–H groups in total. The minimum absolute atomic E-state index is 0.281. The summed E-state index contributed by atoms with van der Waals surface area (Å²) < 4.78 is 5.15. The number of aryl methyl sites for hydroxylation is 1. The molecule has 0 saturated carbocycles. The van der Waals surface area contributed by atoms with Crippen LogP contribution in [0.3, 0.4) is 0 Å². The molecule has 0 saturated heterocycles. The van der Waals surface area contributed by atoms with Crippen molar-refractivity contribution >= 4 is 12.0 Å². The number of aromatic nitrogens is 2. The molecule has 0 bridgehead atoms. The van der Waals surface area contributed by atoms with E-state index in [-0.39, 0.29) is 5.88 Å². The van der Waals surface area contributed by atoms with Crippen LogP contribution >= 0.6 is 0 Å². The van der Waals surface area contributed by atoms with E-state index >= 15 is 0 Å². The number of nitrogens with zero attached hydrogens (tertiary/aromatic N) is 4. The summed E-state index contributed by atoms with van der Waals surface area (Å²) in [6.07, 6.45) is -0.446. The fourth-order valence-corrected chi connectivity index (χ4v) is 1.41. The molecule has 18 heavy (non-hydrogen) atoms. The van der Waals surface area contributed by atoms with E-state index in [1.165, 1.54) is 4.90 Å². The summed E-state index contributed by atoms with van der Waals surface area (Å²) in [4.78, 5) is 23.4. The second-order valence-corrected chi connectivity index (χ2v) is 4.08. The van der Waals surface area contributed by atoms with Crippen molar-refractivity contribution in [2.75, 3.05) is 32.1 Å². The molecule has 6 heteroatoms. The normalized spacial score (nSPS) is 10.1. The van der Waals surface area contributed by atoms with Gasteiger partial charge in [-0.3, -0.25) is 0 Å². The summed E-state index contributed by atoms with van der Waals surface area (Å²) >= 11 is 0. The van der Waals surface area contributed by atoms with Gasteiger partial charge in [0, 0.05) is 38.9 Å². The van der Waals surface area contributed by atoms with E-state index in [1.54, 1.807) is 20.2 Å². The lowest BCUT2D eigenvalue weighted by Crippen LogP contribution is -2.27. The van der Waals surface area contributed by atoms with Crippen molar-refractivity contribution in [3.05, 3.63) is 11.8 Å². The molecule has 6 nitrogen and oxygen atoms in total. The Morgan fingerprint density at radius 1 is 1.28 bits per heavy atom. The molecule has 0 radical (unpaired) electrons. The van der Waals surface area contributed by atoms with Crippen LogP contribution in [0.4, 0.5) is 10.7 Å². The van der Waals surface area contributed by atoms with Gasteiger partial charge in [-0.15, -0.1) is 0 Å². The number of rotatable bonds is 4. The van der Waals surface area contributed by atoms with Gasteiger partial charge in [-0.05, 0) is 20.8 Å². The minimum atomic E-state index is -0.446. The molecule has 0 fully saturated rings. The fourth-order valence-electron chi connectivity index (χ4n) is 1.41. The first-order chi connectivity index (χ1) is 8.47. The SMILES string of the molecule is CCN(CC)c1nc(C)cc(OC(=O)N(C)C)n1. The van der Waals surface area contributed by atoms with Crippen LogP contribution in [0.15, 0.2) is 6.07 Å². The van der Waals surface area contributed by atoms with Gasteiger partial charge in [0.1, 0.15) is 0 Å². The Hall–Kier alpha value is -1.85. The van der Waals surface area contributed by atoms with Crippen molar-refractivity contribution < 1.29 is 9.53 Å². The molecule has 0 aromatic carbocycles. The number of carbonyl (C=O) groups excluding carboxylic acids is 1. The maximum Gasteiger partial charge on any atom is 0.416 e. The van der Waals surface area contributed by atoms with Gasteiger partial charge in [-0.25, -0.2) is 9.78 Å². The molecular weight excluding hydrogens is 232 g/mol. The average Bonchev–Trinajstić information content (AvgIpc) is 2.29. The molecule has 100 valence electrons. The molecule has 0 aliphatic rings. The molecule has 0 spiro atoms. The van der Waals surface area contributed by atoms with E-state index in [1.807, 2.05) is 25.7 Å².